The van der Waals surface area contributed by atoms with E-state index in [1.807, 2.05) is 42.5 Å². The van der Waals surface area contributed by atoms with Crippen molar-refractivity contribution in [3.63, 3.8) is 0 Å². The molecule has 0 aliphatic heterocycles. The molecule has 0 aromatic heterocycles. The molecule has 0 radical (unpaired) electrons. The maximum absolute atomic E-state index is 12.0. The number of benzene rings is 2. The lowest BCUT2D eigenvalue weighted by atomic mass is 10.0. The molecule has 2 aromatic carbocycles. The second kappa shape index (κ2) is 8.10. The summed E-state index contributed by atoms with van der Waals surface area (Å²) >= 11 is 0. The molecule has 0 saturated carbocycles. The Labute approximate surface area is 139 Å². The minimum atomic E-state index is -0.977. The molecule has 1 unspecified atom stereocenters. The van der Waals surface area contributed by atoms with Crippen LogP contribution in [0.1, 0.15) is 12.5 Å². The molecule has 0 aliphatic carbocycles. The van der Waals surface area contributed by atoms with Gasteiger partial charge in [-0.2, -0.15) is 0 Å². The Kier molecular flexibility index (Phi) is 5.89. The Hall–Kier alpha value is -2.89. The highest BCUT2D eigenvalue weighted by Gasteiger charge is 2.13. The van der Waals surface area contributed by atoms with Crippen molar-refractivity contribution in [2.75, 3.05) is 13.1 Å². The third kappa shape index (κ3) is 4.81. The molecule has 6 heteroatoms. The van der Waals surface area contributed by atoms with Gasteiger partial charge in [-0.3, -0.25) is 14.4 Å². The standard InChI is InChI=1S/C18H20N2O4/c1-12(18(23)24)10-19-17(22)11-20-16(21)9-14-7-4-6-13-5-2-3-8-15(13)14/h2-8,12H,9-11H2,1H3,(H,19,22)(H,20,21)(H,23,24). The molecule has 1 atom stereocenters. The molecular weight excluding hydrogens is 308 g/mol. The van der Waals surface area contributed by atoms with Crippen molar-refractivity contribution in [3.8, 4) is 0 Å². The predicted octanol–water partition coefficient (Wildman–Crippen LogP) is 1.34. The maximum Gasteiger partial charge on any atom is 0.308 e. The van der Waals surface area contributed by atoms with Crippen LogP contribution in [0.15, 0.2) is 42.5 Å². The smallest absolute Gasteiger partial charge is 0.308 e. The zero-order chi connectivity index (χ0) is 17.5. The highest BCUT2D eigenvalue weighted by atomic mass is 16.4. The van der Waals surface area contributed by atoms with E-state index in [4.69, 9.17) is 5.11 Å². The van der Waals surface area contributed by atoms with Crippen LogP contribution in [-0.2, 0) is 20.8 Å². The second-order valence-electron chi connectivity index (χ2n) is 5.64. The number of fused-ring (bicyclic) bond motifs is 1. The summed E-state index contributed by atoms with van der Waals surface area (Å²) in [6, 6.07) is 13.6. The second-order valence-corrected chi connectivity index (χ2v) is 5.64. The molecular formula is C18H20N2O4. The van der Waals surface area contributed by atoms with Crippen molar-refractivity contribution in [3.05, 3.63) is 48.0 Å². The summed E-state index contributed by atoms with van der Waals surface area (Å²) in [7, 11) is 0. The number of nitrogens with one attached hydrogen (secondary N) is 2. The van der Waals surface area contributed by atoms with Crippen LogP contribution in [0.5, 0.6) is 0 Å². The largest absolute Gasteiger partial charge is 0.481 e. The van der Waals surface area contributed by atoms with Gasteiger partial charge < -0.3 is 15.7 Å². The zero-order valence-corrected chi connectivity index (χ0v) is 13.4. The van der Waals surface area contributed by atoms with E-state index in [1.54, 1.807) is 0 Å². The van der Waals surface area contributed by atoms with Gasteiger partial charge in [0.05, 0.1) is 18.9 Å². The lowest BCUT2D eigenvalue weighted by Crippen LogP contribution is -2.40. The summed E-state index contributed by atoms with van der Waals surface area (Å²) in [5, 5.41) is 15.8. The Morgan fingerprint density at radius 1 is 1.00 bits per heavy atom. The molecule has 2 aromatic rings. The Bertz CT molecular complexity index is 752. The average Bonchev–Trinajstić information content (AvgIpc) is 2.58. The van der Waals surface area contributed by atoms with E-state index < -0.39 is 17.8 Å². The number of hydrogen-bond acceptors (Lipinski definition) is 3. The van der Waals surface area contributed by atoms with Crippen LogP contribution < -0.4 is 10.6 Å². The number of hydrogen-bond donors (Lipinski definition) is 3. The molecule has 24 heavy (non-hydrogen) atoms. The Morgan fingerprint density at radius 2 is 1.71 bits per heavy atom. The van der Waals surface area contributed by atoms with Crippen LogP contribution in [0.25, 0.3) is 10.8 Å². The van der Waals surface area contributed by atoms with Crippen molar-refractivity contribution in [1.29, 1.82) is 0 Å². The van der Waals surface area contributed by atoms with Crippen LogP contribution in [0.3, 0.4) is 0 Å². The van der Waals surface area contributed by atoms with Gasteiger partial charge in [0.1, 0.15) is 0 Å². The molecule has 126 valence electrons. The maximum atomic E-state index is 12.0. The van der Waals surface area contributed by atoms with Gasteiger partial charge in [0, 0.05) is 6.54 Å². The number of aliphatic carboxylic acids is 1. The zero-order valence-electron chi connectivity index (χ0n) is 13.4. The van der Waals surface area contributed by atoms with Crippen LogP contribution in [-0.4, -0.2) is 36.0 Å². The number of rotatable bonds is 7. The molecule has 6 nitrogen and oxygen atoms in total. The Balaban J connectivity index is 1.85. The van der Waals surface area contributed by atoms with E-state index in [2.05, 4.69) is 10.6 Å². The van der Waals surface area contributed by atoms with Gasteiger partial charge in [0.2, 0.25) is 11.8 Å². The first-order chi connectivity index (χ1) is 11.5. The van der Waals surface area contributed by atoms with E-state index in [9.17, 15) is 14.4 Å². The lowest BCUT2D eigenvalue weighted by molar-refractivity contribution is -0.141. The fraction of sp³-hybridized carbons (Fsp3) is 0.278. The summed E-state index contributed by atoms with van der Waals surface area (Å²) in [5.74, 6) is -2.31. The molecule has 3 N–H and O–H groups in total. The van der Waals surface area contributed by atoms with Gasteiger partial charge in [-0.05, 0) is 16.3 Å². The third-order valence-corrected chi connectivity index (χ3v) is 3.70. The SMILES string of the molecule is CC(CNC(=O)CNC(=O)Cc1cccc2ccccc12)C(=O)O. The van der Waals surface area contributed by atoms with E-state index in [0.717, 1.165) is 16.3 Å². The van der Waals surface area contributed by atoms with Gasteiger partial charge in [0.25, 0.3) is 0 Å². The quantitative estimate of drug-likeness (QED) is 0.714. The topological polar surface area (TPSA) is 95.5 Å². The Morgan fingerprint density at radius 3 is 2.46 bits per heavy atom. The normalized spacial score (nSPS) is 11.7. The van der Waals surface area contributed by atoms with Gasteiger partial charge in [-0.15, -0.1) is 0 Å². The number of carbonyl (C=O) groups excluding carboxylic acids is 2. The van der Waals surface area contributed by atoms with Crippen LogP contribution in [0.4, 0.5) is 0 Å². The number of carboxylic acid groups (broad SMARTS) is 1. The van der Waals surface area contributed by atoms with Crippen molar-refractivity contribution in [2.24, 2.45) is 5.92 Å². The molecule has 0 heterocycles. The van der Waals surface area contributed by atoms with Crippen LogP contribution in [0.2, 0.25) is 0 Å². The average molecular weight is 328 g/mol. The molecule has 0 bridgehead atoms. The minimum absolute atomic E-state index is 0.0351. The van der Waals surface area contributed by atoms with E-state index >= 15 is 0 Å². The fourth-order valence-corrected chi connectivity index (χ4v) is 2.28. The lowest BCUT2D eigenvalue weighted by Gasteiger charge is -2.10. The molecule has 0 saturated heterocycles. The first kappa shape index (κ1) is 17.5. The summed E-state index contributed by atoms with van der Waals surface area (Å²) < 4.78 is 0. The monoisotopic (exact) mass is 328 g/mol. The first-order valence-electron chi connectivity index (χ1n) is 7.70. The number of amides is 2. The molecule has 0 fully saturated rings. The highest BCUT2D eigenvalue weighted by molar-refractivity contribution is 5.91. The van der Waals surface area contributed by atoms with E-state index in [-0.39, 0.29) is 25.4 Å². The first-order valence-corrected chi connectivity index (χ1v) is 7.70. The fourth-order valence-electron chi connectivity index (χ4n) is 2.28. The minimum Gasteiger partial charge on any atom is -0.481 e. The van der Waals surface area contributed by atoms with E-state index in [1.165, 1.54) is 6.92 Å². The summed E-state index contributed by atoms with van der Waals surface area (Å²) in [6.45, 7) is 1.37. The molecule has 2 amide bonds. The van der Waals surface area contributed by atoms with Gasteiger partial charge >= 0.3 is 5.97 Å². The van der Waals surface area contributed by atoms with Crippen LogP contribution in [0, 0.1) is 5.92 Å². The van der Waals surface area contributed by atoms with Crippen LogP contribution >= 0.6 is 0 Å². The summed E-state index contributed by atoms with van der Waals surface area (Å²) in [4.78, 5) is 34.3. The molecule has 0 spiro atoms. The number of carboxylic acids is 1. The number of carbonyl (C=O) groups is 3. The summed E-state index contributed by atoms with van der Waals surface area (Å²) in [5.41, 5.74) is 0.894. The van der Waals surface area contributed by atoms with Crippen molar-refractivity contribution in [2.45, 2.75) is 13.3 Å². The predicted molar refractivity (Wildman–Crippen MR) is 90.5 cm³/mol. The molecule has 0 aliphatic rings. The van der Waals surface area contributed by atoms with Gasteiger partial charge in [0.15, 0.2) is 0 Å². The molecule has 2 rings (SSSR count). The van der Waals surface area contributed by atoms with E-state index in [0.29, 0.717) is 0 Å². The van der Waals surface area contributed by atoms with Crippen molar-refractivity contribution in [1.82, 2.24) is 10.6 Å². The van der Waals surface area contributed by atoms with Gasteiger partial charge in [-0.25, -0.2) is 0 Å². The summed E-state index contributed by atoms with van der Waals surface area (Å²) in [6.07, 6.45) is 0.181. The third-order valence-electron chi connectivity index (χ3n) is 3.70. The van der Waals surface area contributed by atoms with Crippen molar-refractivity contribution >= 4 is 28.6 Å². The highest BCUT2D eigenvalue weighted by Crippen LogP contribution is 2.18. The van der Waals surface area contributed by atoms with Gasteiger partial charge in [-0.1, -0.05) is 49.4 Å². The van der Waals surface area contributed by atoms with Crippen molar-refractivity contribution < 1.29 is 19.5 Å².